The molecule has 0 aliphatic heterocycles. The lowest BCUT2D eigenvalue weighted by Gasteiger charge is -2.23. The summed E-state index contributed by atoms with van der Waals surface area (Å²) >= 11 is 0. The molecule has 152 valence electrons. The number of ether oxygens (including phenoxy) is 1. The molecule has 0 aliphatic carbocycles. The van der Waals surface area contributed by atoms with Gasteiger partial charge in [-0.2, -0.15) is 13.2 Å². The van der Waals surface area contributed by atoms with Gasteiger partial charge in [0.05, 0.1) is 12.2 Å². The highest BCUT2D eigenvalue weighted by Gasteiger charge is 2.30. The van der Waals surface area contributed by atoms with Crippen LogP contribution < -0.4 is 5.32 Å². The quantitative estimate of drug-likeness (QED) is 0.681. The standard InChI is InChI=1S/C21H25F3N2O2/c1-28-14-13-26(12-6-10-17-7-3-2-4-8-17)20(27)25-16-18-9-5-11-19(15-18)21(22,23)24/h2-5,7-9,11,15H,6,10,12-14,16H2,1H3,(H,25,27). The number of carbonyl (C=O) groups is 1. The highest BCUT2D eigenvalue weighted by molar-refractivity contribution is 5.74. The summed E-state index contributed by atoms with van der Waals surface area (Å²) in [7, 11) is 1.56. The molecule has 28 heavy (non-hydrogen) atoms. The first-order valence-electron chi connectivity index (χ1n) is 9.12. The highest BCUT2D eigenvalue weighted by Crippen LogP contribution is 2.29. The van der Waals surface area contributed by atoms with Crippen LogP contribution >= 0.6 is 0 Å². The maximum absolute atomic E-state index is 12.8. The van der Waals surface area contributed by atoms with Gasteiger partial charge >= 0.3 is 12.2 Å². The Morgan fingerprint density at radius 3 is 2.43 bits per heavy atom. The van der Waals surface area contributed by atoms with E-state index in [1.807, 2.05) is 30.3 Å². The topological polar surface area (TPSA) is 41.6 Å². The number of amides is 2. The van der Waals surface area contributed by atoms with Crippen LogP contribution in [-0.2, 0) is 23.9 Å². The van der Waals surface area contributed by atoms with Crippen LogP contribution in [0.4, 0.5) is 18.0 Å². The molecule has 0 saturated heterocycles. The number of halogens is 3. The van der Waals surface area contributed by atoms with E-state index in [9.17, 15) is 18.0 Å². The molecular formula is C21H25F3N2O2. The Bertz CT molecular complexity index is 736. The maximum Gasteiger partial charge on any atom is 0.416 e. The van der Waals surface area contributed by atoms with Gasteiger partial charge < -0.3 is 15.0 Å². The number of methoxy groups -OCH3 is 1. The molecule has 2 amide bonds. The van der Waals surface area contributed by atoms with Gasteiger partial charge in [0, 0.05) is 26.7 Å². The van der Waals surface area contributed by atoms with E-state index < -0.39 is 11.7 Å². The van der Waals surface area contributed by atoms with Crippen LogP contribution in [0.2, 0.25) is 0 Å². The molecule has 2 aromatic carbocycles. The fourth-order valence-electron chi connectivity index (χ4n) is 2.78. The van der Waals surface area contributed by atoms with Crippen LogP contribution in [0.5, 0.6) is 0 Å². The molecule has 0 radical (unpaired) electrons. The molecule has 0 bridgehead atoms. The molecule has 0 aliphatic rings. The summed E-state index contributed by atoms with van der Waals surface area (Å²) in [5.74, 6) is 0. The number of urea groups is 1. The van der Waals surface area contributed by atoms with Crippen molar-refractivity contribution in [3.8, 4) is 0 Å². The molecule has 2 rings (SSSR count). The van der Waals surface area contributed by atoms with E-state index in [-0.39, 0.29) is 12.6 Å². The van der Waals surface area contributed by atoms with E-state index in [4.69, 9.17) is 4.74 Å². The summed E-state index contributed by atoms with van der Waals surface area (Å²) in [6, 6.07) is 14.6. The third kappa shape index (κ3) is 7.23. The molecule has 7 heteroatoms. The fourth-order valence-corrected chi connectivity index (χ4v) is 2.78. The smallest absolute Gasteiger partial charge is 0.383 e. The minimum Gasteiger partial charge on any atom is -0.383 e. The minimum atomic E-state index is -4.40. The summed E-state index contributed by atoms with van der Waals surface area (Å²) in [6.45, 7) is 1.37. The Kier molecular flexibility index (Phi) is 8.32. The zero-order valence-corrected chi connectivity index (χ0v) is 15.8. The third-order valence-corrected chi connectivity index (χ3v) is 4.29. The van der Waals surface area contributed by atoms with Gasteiger partial charge in [0.2, 0.25) is 0 Å². The van der Waals surface area contributed by atoms with Gasteiger partial charge in [0.25, 0.3) is 0 Å². The third-order valence-electron chi connectivity index (χ3n) is 4.29. The first-order valence-corrected chi connectivity index (χ1v) is 9.12. The average Bonchev–Trinajstić information content (AvgIpc) is 2.69. The fraction of sp³-hybridized carbons (Fsp3) is 0.381. The normalized spacial score (nSPS) is 11.3. The van der Waals surface area contributed by atoms with Crippen LogP contribution in [0.3, 0.4) is 0 Å². The number of nitrogens with one attached hydrogen (secondary N) is 1. The molecular weight excluding hydrogens is 369 g/mol. The zero-order chi connectivity index (χ0) is 20.4. The predicted octanol–water partition coefficient (Wildman–Crippen LogP) is 4.50. The second kappa shape index (κ2) is 10.7. The summed E-state index contributed by atoms with van der Waals surface area (Å²) in [6.07, 6.45) is -2.78. The Morgan fingerprint density at radius 1 is 1.04 bits per heavy atom. The summed E-state index contributed by atoms with van der Waals surface area (Å²) in [4.78, 5) is 14.1. The van der Waals surface area contributed by atoms with Gasteiger partial charge in [-0.05, 0) is 36.1 Å². The first kappa shape index (κ1) is 21.8. The number of carbonyl (C=O) groups excluding carboxylic acids is 1. The van der Waals surface area contributed by atoms with Crippen molar-refractivity contribution in [3.63, 3.8) is 0 Å². The summed E-state index contributed by atoms with van der Waals surface area (Å²) in [5.41, 5.74) is 0.871. The Hall–Kier alpha value is -2.54. The molecule has 4 nitrogen and oxygen atoms in total. The van der Waals surface area contributed by atoms with Crippen molar-refractivity contribution in [2.75, 3.05) is 26.8 Å². The number of hydrogen-bond donors (Lipinski definition) is 1. The van der Waals surface area contributed by atoms with E-state index in [1.54, 1.807) is 18.1 Å². The predicted molar refractivity (Wildman–Crippen MR) is 102 cm³/mol. The maximum atomic E-state index is 12.8. The molecule has 2 aromatic rings. The van der Waals surface area contributed by atoms with E-state index in [0.29, 0.717) is 25.3 Å². The van der Waals surface area contributed by atoms with Gasteiger partial charge in [0.15, 0.2) is 0 Å². The van der Waals surface area contributed by atoms with Gasteiger partial charge in [0.1, 0.15) is 0 Å². The summed E-state index contributed by atoms with van der Waals surface area (Å²) in [5, 5.41) is 2.70. The van der Waals surface area contributed by atoms with Crippen molar-refractivity contribution in [3.05, 3.63) is 71.3 Å². The SMILES string of the molecule is COCCN(CCCc1ccccc1)C(=O)NCc1cccc(C(F)(F)F)c1. The number of benzene rings is 2. The average molecular weight is 394 g/mol. The van der Waals surface area contributed by atoms with Gasteiger partial charge in [-0.1, -0.05) is 42.5 Å². The molecule has 1 N–H and O–H groups in total. The van der Waals surface area contributed by atoms with Gasteiger partial charge in [-0.3, -0.25) is 0 Å². The van der Waals surface area contributed by atoms with E-state index >= 15 is 0 Å². The Labute approximate surface area is 163 Å². The van der Waals surface area contributed by atoms with Crippen molar-refractivity contribution in [2.24, 2.45) is 0 Å². The second-order valence-electron chi connectivity index (χ2n) is 6.43. The molecule has 0 fully saturated rings. The van der Waals surface area contributed by atoms with Crippen molar-refractivity contribution in [2.45, 2.75) is 25.6 Å². The Morgan fingerprint density at radius 2 is 1.75 bits per heavy atom. The molecule has 0 unspecified atom stereocenters. The number of alkyl halides is 3. The summed E-state index contributed by atoms with van der Waals surface area (Å²) < 4.78 is 43.5. The van der Waals surface area contributed by atoms with Crippen molar-refractivity contribution in [1.82, 2.24) is 10.2 Å². The van der Waals surface area contributed by atoms with Crippen LogP contribution in [0.25, 0.3) is 0 Å². The van der Waals surface area contributed by atoms with E-state index in [0.717, 1.165) is 25.0 Å². The lowest BCUT2D eigenvalue weighted by Crippen LogP contribution is -2.42. The molecule has 0 heterocycles. The number of rotatable bonds is 9. The lowest BCUT2D eigenvalue weighted by atomic mass is 10.1. The van der Waals surface area contributed by atoms with Crippen LogP contribution in [0, 0.1) is 0 Å². The molecule has 0 spiro atoms. The lowest BCUT2D eigenvalue weighted by molar-refractivity contribution is -0.137. The van der Waals surface area contributed by atoms with Gasteiger partial charge in [-0.25, -0.2) is 4.79 Å². The van der Waals surface area contributed by atoms with Crippen LogP contribution in [0.1, 0.15) is 23.1 Å². The van der Waals surface area contributed by atoms with Crippen LogP contribution in [0.15, 0.2) is 54.6 Å². The second-order valence-corrected chi connectivity index (χ2v) is 6.43. The van der Waals surface area contributed by atoms with Crippen molar-refractivity contribution >= 4 is 6.03 Å². The molecule has 0 atom stereocenters. The molecule has 0 aromatic heterocycles. The zero-order valence-electron chi connectivity index (χ0n) is 15.8. The van der Waals surface area contributed by atoms with E-state index in [1.165, 1.54) is 11.6 Å². The number of aryl methyl sites for hydroxylation is 1. The minimum absolute atomic E-state index is 0.0327. The Balaban J connectivity index is 1.89. The van der Waals surface area contributed by atoms with Crippen LogP contribution in [-0.4, -0.2) is 37.7 Å². The molecule has 0 saturated carbocycles. The van der Waals surface area contributed by atoms with Gasteiger partial charge in [-0.15, -0.1) is 0 Å². The van der Waals surface area contributed by atoms with Crippen molar-refractivity contribution < 1.29 is 22.7 Å². The number of nitrogens with zero attached hydrogens (tertiary/aromatic N) is 1. The van der Waals surface area contributed by atoms with E-state index in [2.05, 4.69) is 5.32 Å². The largest absolute Gasteiger partial charge is 0.416 e. The number of hydrogen-bond acceptors (Lipinski definition) is 2. The van der Waals surface area contributed by atoms with Crippen molar-refractivity contribution in [1.29, 1.82) is 0 Å². The monoisotopic (exact) mass is 394 g/mol. The highest BCUT2D eigenvalue weighted by atomic mass is 19.4. The first-order chi connectivity index (χ1) is 13.4.